The minimum Gasteiger partial charge on any atom is -0.383 e. The summed E-state index contributed by atoms with van der Waals surface area (Å²) >= 11 is 0. The highest BCUT2D eigenvalue weighted by atomic mass is 16.5. The molecule has 0 atom stereocenters. The van der Waals surface area contributed by atoms with Crippen LogP contribution in [-0.4, -0.2) is 51.8 Å². The molecule has 0 aromatic rings. The van der Waals surface area contributed by atoms with E-state index < -0.39 is 0 Å². The highest BCUT2D eigenvalue weighted by molar-refractivity contribution is 4.72. The molecule has 0 amide bonds. The van der Waals surface area contributed by atoms with Crippen molar-refractivity contribution in [2.45, 2.75) is 19.3 Å². The Labute approximate surface area is 87.8 Å². The molecule has 0 aromatic heterocycles. The van der Waals surface area contributed by atoms with Gasteiger partial charge in [0.05, 0.1) is 6.61 Å². The number of methoxy groups -OCH3 is 1. The van der Waals surface area contributed by atoms with Crippen LogP contribution in [0.5, 0.6) is 0 Å². The molecule has 3 nitrogen and oxygen atoms in total. The van der Waals surface area contributed by atoms with Crippen LogP contribution in [0.1, 0.15) is 19.3 Å². The lowest BCUT2D eigenvalue weighted by Gasteiger charge is -2.30. The van der Waals surface area contributed by atoms with Gasteiger partial charge in [-0.2, -0.15) is 0 Å². The van der Waals surface area contributed by atoms with Crippen molar-refractivity contribution >= 4 is 0 Å². The van der Waals surface area contributed by atoms with E-state index in [1.165, 1.54) is 25.8 Å². The van der Waals surface area contributed by atoms with E-state index in [4.69, 9.17) is 4.74 Å². The first-order valence-corrected chi connectivity index (χ1v) is 5.71. The Hall–Kier alpha value is -0.120. The average molecular weight is 200 g/mol. The lowest BCUT2D eigenvalue weighted by molar-refractivity contribution is 0.190. The van der Waals surface area contributed by atoms with Crippen LogP contribution in [0.25, 0.3) is 0 Å². The monoisotopic (exact) mass is 200 g/mol. The van der Waals surface area contributed by atoms with Crippen molar-refractivity contribution in [3.63, 3.8) is 0 Å². The smallest absolute Gasteiger partial charge is 0.0587 e. The summed E-state index contributed by atoms with van der Waals surface area (Å²) in [6.07, 6.45) is 4.34. The van der Waals surface area contributed by atoms with Gasteiger partial charge in [-0.25, -0.2) is 0 Å². The van der Waals surface area contributed by atoms with E-state index in [0.717, 1.165) is 32.2 Å². The van der Waals surface area contributed by atoms with Crippen molar-refractivity contribution in [1.29, 1.82) is 0 Å². The molecule has 1 aliphatic carbocycles. The fourth-order valence-corrected chi connectivity index (χ4v) is 1.78. The van der Waals surface area contributed by atoms with Crippen LogP contribution in [-0.2, 0) is 4.74 Å². The lowest BCUT2D eigenvalue weighted by Crippen LogP contribution is -2.35. The molecular formula is C11H24N2O. The second kappa shape index (κ2) is 7.21. The zero-order chi connectivity index (χ0) is 10.2. The van der Waals surface area contributed by atoms with E-state index in [1.807, 2.05) is 0 Å². The molecule has 0 aliphatic heterocycles. The first kappa shape index (κ1) is 12.0. The van der Waals surface area contributed by atoms with Gasteiger partial charge in [-0.05, 0) is 25.8 Å². The fraction of sp³-hybridized carbons (Fsp3) is 1.00. The summed E-state index contributed by atoms with van der Waals surface area (Å²) in [5, 5.41) is 3.36. The molecule has 1 N–H and O–H groups in total. The van der Waals surface area contributed by atoms with Crippen LogP contribution >= 0.6 is 0 Å². The van der Waals surface area contributed by atoms with Gasteiger partial charge in [0.2, 0.25) is 0 Å². The number of hydrogen-bond donors (Lipinski definition) is 1. The molecule has 0 heterocycles. The molecule has 3 heteroatoms. The Bertz CT molecular complexity index is 137. The minimum absolute atomic E-state index is 0.812. The topological polar surface area (TPSA) is 24.5 Å². The fourth-order valence-electron chi connectivity index (χ4n) is 1.78. The van der Waals surface area contributed by atoms with Gasteiger partial charge in [-0.15, -0.1) is 0 Å². The Balaban J connectivity index is 1.84. The summed E-state index contributed by atoms with van der Waals surface area (Å²) in [5.74, 6) is 0.985. The predicted octanol–water partition coefficient (Wildman–Crippen LogP) is 0.954. The average Bonchev–Trinajstić information content (AvgIpc) is 2.11. The molecule has 0 spiro atoms. The minimum atomic E-state index is 0.812. The van der Waals surface area contributed by atoms with Crippen LogP contribution in [0.4, 0.5) is 0 Å². The number of nitrogens with zero attached hydrogens (tertiary/aromatic N) is 1. The quantitative estimate of drug-likeness (QED) is 0.591. The molecule has 1 rings (SSSR count). The van der Waals surface area contributed by atoms with Gasteiger partial charge in [0.25, 0.3) is 0 Å². The molecule has 14 heavy (non-hydrogen) atoms. The summed E-state index contributed by atoms with van der Waals surface area (Å²) in [6.45, 7) is 5.29. The van der Waals surface area contributed by atoms with E-state index in [-0.39, 0.29) is 0 Å². The number of likely N-dealkylation sites (N-methyl/N-ethyl adjacent to an activating group) is 1. The Morgan fingerprint density at radius 2 is 2.14 bits per heavy atom. The first-order valence-electron chi connectivity index (χ1n) is 5.71. The predicted molar refractivity (Wildman–Crippen MR) is 59.6 cm³/mol. The maximum Gasteiger partial charge on any atom is 0.0587 e. The molecule has 0 aromatic carbocycles. The Morgan fingerprint density at radius 1 is 1.36 bits per heavy atom. The normalized spacial score (nSPS) is 17.4. The summed E-state index contributed by atoms with van der Waals surface area (Å²) in [5.41, 5.74) is 0. The number of hydrogen-bond acceptors (Lipinski definition) is 3. The van der Waals surface area contributed by atoms with Crippen molar-refractivity contribution in [2.24, 2.45) is 5.92 Å². The molecule has 0 bridgehead atoms. The summed E-state index contributed by atoms with van der Waals surface area (Å²) in [6, 6.07) is 0. The van der Waals surface area contributed by atoms with Gasteiger partial charge >= 0.3 is 0 Å². The molecule has 1 saturated carbocycles. The Kier molecular flexibility index (Phi) is 6.15. The van der Waals surface area contributed by atoms with Crippen molar-refractivity contribution < 1.29 is 4.74 Å². The van der Waals surface area contributed by atoms with Crippen LogP contribution in [0.3, 0.4) is 0 Å². The second-order valence-corrected chi connectivity index (χ2v) is 4.30. The Morgan fingerprint density at radius 3 is 2.71 bits per heavy atom. The number of rotatable bonds is 8. The number of nitrogens with one attached hydrogen (secondary N) is 1. The zero-order valence-electron chi connectivity index (χ0n) is 9.59. The summed E-state index contributed by atoms with van der Waals surface area (Å²) in [7, 11) is 3.96. The standard InChI is InChI=1S/C11H24N2O/c1-13(10-11-4-3-5-11)8-6-12-7-9-14-2/h11-12H,3-10H2,1-2H3. The largest absolute Gasteiger partial charge is 0.383 e. The third kappa shape index (κ3) is 4.94. The molecule has 84 valence electrons. The zero-order valence-corrected chi connectivity index (χ0v) is 9.59. The maximum absolute atomic E-state index is 4.96. The van der Waals surface area contributed by atoms with E-state index in [1.54, 1.807) is 7.11 Å². The van der Waals surface area contributed by atoms with Gasteiger partial charge in [0.1, 0.15) is 0 Å². The maximum atomic E-state index is 4.96. The third-order valence-corrected chi connectivity index (χ3v) is 2.95. The highest BCUT2D eigenvalue weighted by Gasteiger charge is 2.18. The molecule has 1 fully saturated rings. The SMILES string of the molecule is COCCNCCN(C)CC1CCC1. The summed E-state index contributed by atoms with van der Waals surface area (Å²) < 4.78 is 4.96. The van der Waals surface area contributed by atoms with Crippen molar-refractivity contribution in [2.75, 3.05) is 46.9 Å². The molecular weight excluding hydrogens is 176 g/mol. The van der Waals surface area contributed by atoms with Crippen LogP contribution in [0.2, 0.25) is 0 Å². The molecule has 1 aliphatic rings. The molecule has 0 saturated heterocycles. The van der Waals surface area contributed by atoms with Crippen LogP contribution in [0.15, 0.2) is 0 Å². The second-order valence-electron chi connectivity index (χ2n) is 4.30. The van der Waals surface area contributed by atoms with E-state index >= 15 is 0 Å². The van der Waals surface area contributed by atoms with Gasteiger partial charge in [0.15, 0.2) is 0 Å². The van der Waals surface area contributed by atoms with Gasteiger partial charge in [0, 0.05) is 33.3 Å². The highest BCUT2D eigenvalue weighted by Crippen LogP contribution is 2.26. The van der Waals surface area contributed by atoms with Crippen molar-refractivity contribution in [1.82, 2.24) is 10.2 Å². The van der Waals surface area contributed by atoms with Gasteiger partial charge in [-0.3, -0.25) is 0 Å². The lowest BCUT2D eigenvalue weighted by atomic mass is 9.85. The number of ether oxygens (including phenoxy) is 1. The first-order chi connectivity index (χ1) is 6.83. The van der Waals surface area contributed by atoms with E-state index in [2.05, 4.69) is 17.3 Å². The van der Waals surface area contributed by atoms with Gasteiger partial charge < -0.3 is 15.0 Å². The van der Waals surface area contributed by atoms with Crippen LogP contribution in [0, 0.1) is 5.92 Å². The van der Waals surface area contributed by atoms with E-state index in [0.29, 0.717) is 0 Å². The van der Waals surface area contributed by atoms with Crippen LogP contribution < -0.4 is 5.32 Å². The van der Waals surface area contributed by atoms with Crippen molar-refractivity contribution in [3.8, 4) is 0 Å². The molecule has 0 radical (unpaired) electrons. The molecule has 0 unspecified atom stereocenters. The van der Waals surface area contributed by atoms with E-state index in [9.17, 15) is 0 Å². The summed E-state index contributed by atoms with van der Waals surface area (Å²) in [4.78, 5) is 2.43. The van der Waals surface area contributed by atoms with Crippen molar-refractivity contribution in [3.05, 3.63) is 0 Å². The van der Waals surface area contributed by atoms with Gasteiger partial charge in [-0.1, -0.05) is 6.42 Å². The third-order valence-electron chi connectivity index (χ3n) is 2.95.